The van der Waals surface area contributed by atoms with E-state index in [-0.39, 0.29) is 17.7 Å². The minimum Gasteiger partial charge on any atom is -0.497 e. The number of hydrogen-bond donors (Lipinski definition) is 1. The number of carbonyl (C=O) groups is 2. The largest absolute Gasteiger partial charge is 0.497 e. The lowest BCUT2D eigenvalue weighted by Gasteiger charge is -2.31. The van der Waals surface area contributed by atoms with Crippen molar-refractivity contribution < 1.29 is 14.3 Å². The van der Waals surface area contributed by atoms with Crippen LogP contribution >= 0.6 is 15.9 Å². The molecule has 1 aromatic carbocycles. The van der Waals surface area contributed by atoms with E-state index in [1.807, 2.05) is 0 Å². The van der Waals surface area contributed by atoms with E-state index in [2.05, 4.69) is 15.9 Å². The highest BCUT2D eigenvalue weighted by atomic mass is 79.9. The highest BCUT2D eigenvalue weighted by Crippen LogP contribution is 2.26. The lowest BCUT2D eigenvalue weighted by molar-refractivity contribution is -0.123. The number of likely N-dealkylation sites (tertiary alicyclic amines) is 1. The van der Waals surface area contributed by atoms with Gasteiger partial charge in [0, 0.05) is 17.6 Å². The number of benzene rings is 1. The summed E-state index contributed by atoms with van der Waals surface area (Å²) in [6, 6.07) is 5.26. The number of primary amides is 1. The third-order valence-electron chi connectivity index (χ3n) is 3.51. The number of nitrogens with zero attached hydrogens (tertiary/aromatic N) is 1. The van der Waals surface area contributed by atoms with Crippen molar-refractivity contribution in [3.63, 3.8) is 0 Å². The SMILES string of the molecule is COc1ccc(Br)c(C(=O)N2CCC[C@H](C(N)=O)C2)c1. The molecule has 1 heterocycles. The topological polar surface area (TPSA) is 72.6 Å². The Bertz CT molecular complexity index is 533. The van der Waals surface area contributed by atoms with Gasteiger partial charge in [0.2, 0.25) is 5.91 Å². The first-order valence-electron chi connectivity index (χ1n) is 6.45. The zero-order valence-electron chi connectivity index (χ0n) is 11.3. The van der Waals surface area contributed by atoms with Crippen LogP contribution in [0.5, 0.6) is 5.75 Å². The van der Waals surface area contributed by atoms with Crippen molar-refractivity contribution in [2.75, 3.05) is 20.2 Å². The molecule has 20 heavy (non-hydrogen) atoms. The molecule has 2 N–H and O–H groups in total. The van der Waals surface area contributed by atoms with Gasteiger partial charge in [-0.15, -0.1) is 0 Å². The molecule has 2 rings (SSSR count). The van der Waals surface area contributed by atoms with Crippen LogP contribution in [0.4, 0.5) is 0 Å². The Morgan fingerprint density at radius 2 is 2.20 bits per heavy atom. The second-order valence-electron chi connectivity index (χ2n) is 4.84. The van der Waals surface area contributed by atoms with E-state index in [4.69, 9.17) is 10.5 Å². The van der Waals surface area contributed by atoms with Crippen LogP contribution in [0.3, 0.4) is 0 Å². The molecule has 1 aromatic rings. The number of piperidine rings is 1. The minimum absolute atomic E-state index is 0.110. The van der Waals surface area contributed by atoms with Crippen molar-refractivity contribution in [2.45, 2.75) is 12.8 Å². The summed E-state index contributed by atoms with van der Waals surface area (Å²) >= 11 is 3.38. The summed E-state index contributed by atoms with van der Waals surface area (Å²) in [6.07, 6.45) is 1.54. The number of ether oxygens (including phenoxy) is 1. The van der Waals surface area contributed by atoms with Gasteiger partial charge in [-0.2, -0.15) is 0 Å². The average molecular weight is 341 g/mol. The first-order valence-corrected chi connectivity index (χ1v) is 7.24. The number of hydrogen-bond acceptors (Lipinski definition) is 3. The highest BCUT2D eigenvalue weighted by molar-refractivity contribution is 9.10. The Morgan fingerprint density at radius 3 is 2.85 bits per heavy atom. The maximum atomic E-state index is 12.5. The molecule has 1 atom stereocenters. The molecule has 0 bridgehead atoms. The van der Waals surface area contributed by atoms with Crippen molar-refractivity contribution in [1.29, 1.82) is 0 Å². The van der Waals surface area contributed by atoms with E-state index in [0.29, 0.717) is 28.9 Å². The van der Waals surface area contributed by atoms with Gasteiger partial charge in [-0.05, 0) is 47.0 Å². The van der Waals surface area contributed by atoms with Crippen molar-refractivity contribution in [2.24, 2.45) is 11.7 Å². The van der Waals surface area contributed by atoms with Crippen molar-refractivity contribution >= 4 is 27.7 Å². The first-order chi connectivity index (χ1) is 9.52. The Morgan fingerprint density at radius 1 is 1.45 bits per heavy atom. The minimum atomic E-state index is -0.341. The van der Waals surface area contributed by atoms with Crippen molar-refractivity contribution in [1.82, 2.24) is 4.90 Å². The van der Waals surface area contributed by atoms with Crippen LogP contribution in [0.1, 0.15) is 23.2 Å². The van der Waals surface area contributed by atoms with Gasteiger partial charge in [0.1, 0.15) is 5.75 Å². The molecule has 2 amide bonds. The molecule has 1 aliphatic rings. The van der Waals surface area contributed by atoms with Crippen LogP contribution in [0.25, 0.3) is 0 Å². The van der Waals surface area contributed by atoms with Gasteiger partial charge in [0.15, 0.2) is 0 Å². The summed E-state index contributed by atoms with van der Waals surface area (Å²) in [5.41, 5.74) is 5.87. The molecule has 1 aliphatic heterocycles. The van der Waals surface area contributed by atoms with Gasteiger partial charge in [-0.3, -0.25) is 9.59 Å². The predicted molar refractivity (Wildman–Crippen MR) is 78.5 cm³/mol. The maximum Gasteiger partial charge on any atom is 0.255 e. The standard InChI is InChI=1S/C14H17BrN2O3/c1-20-10-4-5-12(15)11(7-10)14(19)17-6-2-3-9(8-17)13(16)18/h4-5,7,9H,2-3,6,8H2,1H3,(H2,16,18)/t9-/m0/s1. The number of carbonyl (C=O) groups excluding carboxylic acids is 2. The molecule has 0 saturated carbocycles. The van der Waals surface area contributed by atoms with E-state index in [0.717, 1.165) is 12.8 Å². The van der Waals surface area contributed by atoms with Crippen molar-refractivity contribution in [3.8, 4) is 5.75 Å². The van der Waals surface area contributed by atoms with Crippen LogP contribution in [0, 0.1) is 5.92 Å². The number of nitrogens with two attached hydrogens (primary N) is 1. The summed E-state index contributed by atoms with van der Waals surface area (Å²) in [4.78, 5) is 25.5. The summed E-state index contributed by atoms with van der Waals surface area (Å²) < 4.78 is 5.85. The summed E-state index contributed by atoms with van der Waals surface area (Å²) in [6.45, 7) is 1.03. The van der Waals surface area contributed by atoms with Gasteiger partial charge in [0.25, 0.3) is 5.91 Å². The number of halogens is 1. The lowest BCUT2D eigenvalue weighted by atomic mass is 9.97. The number of amides is 2. The maximum absolute atomic E-state index is 12.5. The van der Waals surface area contributed by atoms with Crippen LogP contribution in [0.15, 0.2) is 22.7 Å². The quantitative estimate of drug-likeness (QED) is 0.911. The molecule has 0 aromatic heterocycles. The van der Waals surface area contributed by atoms with Crippen LogP contribution in [-0.4, -0.2) is 36.9 Å². The zero-order chi connectivity index (χ0) is 14.7. The molecular formula is C14H17BrN2O3. The van der Waals surface area contributed by atoms with E-state index in [1.165, 1.54) is 0 Å². The second-order valence-corrected chi connectivity index (χ2v) is 5.69. The van der Waals surface area contributed by atoms with E-state index in [9.17, 15) is 9.59 Å². The first kappa shape index (κ1) is 14.8. The Labute approximate surface area is 126 Å². The van der Waals surface area contributed by atoms with Crippen LogP contribution in [-0.2, 0) is 4.79 Å². The van der Waals surface area contributed by atoms with E-state index < -0.39 is 0 Å². The molecule has 6 heteroatoms. The monoisotopic (exact) mass is 340 g/mol. The van der Waals surface area contributed by atoms with E-state index in [1.54, 1.807) is 30.2 Å². The van der Waals surface area contributed by atoms with Gasteiger partial charge in [-0.25, -0.2) is 0 Å². The molecule has 1 fully saturated rings. The average Bonchev–Trinajstić information content (AvgIpc) is 2.47. The predicted octanol–water partition coefficient (Wildman–Crippen LogP) is 1.80. The molecular weight excluding hydrogens is 324 g/mol. The Kier molecular flexibility index (Phi) is 4.65. The Hall–Kier alpha value is -1.56. The molecule has 0 aliphatic carbocycles. The molecule has 5 nitrogen and oxygen atoms in total. The zero-order valence-corrected chi connectivity index (χ0v) is 12.9. The third kappa shape index (κ3) is 3.12. The van der Waals surface area contributed by atoms with Gasteiger partial charge < -0.3 is 15.4 Å². The number of methoxy groups -OCH3 is 1. The van der Waals surface area contributed by atoms with Crippen LogP contribution in [0.2, 0.25) is 0 Å². The summed E-state index contributed by atoms with van der Waals surface area (Å²) in [7, 11) is 1.56. The van der Waals surface area contributed by atoms with E-state index >= 15 is 0 Å². The third-order valence-corrected chi connectivity index (χ3v) is 4.21. The highest BCUT2D eigenvalue weighted by Gasteiger charge is 2.28. The summed E-state index contributed by atoms with van der Waals surface area (Å²) in [5.74, 6) is -0.0778. The van der Waals surface area contributed by atoms with Crippen molar-refractivity contribution in [3.05, 3.63) is 28.2 Å². The van der Waals surface area contributed by atoms with Gasteiger partial charge >= 0.3 is 0 Å². The fourth-order valence-corrected chi connectivity index (χ4v) is 2.78. The fourth-order valence-electron chi connectivity index (χ4n) is 2.36. The fraction of sp³-hybridized carbons (Fsp3) is 0.429. The van der Waals surface area contributed by atoms with Crippen LogP contribution < -0.4 is 10.5 Å². The smallest absolute Gasteiger partial charge is 0.255 e. The summed E-state index contributed by atoms with van der Waals surface area (Å²) in [5, 5.41) is 0. The lowest BCUT2D eigenvalue weighted by Crippen LogP contribution is -2.44. The number of rotatable bonds is 3. The normalized spacial score (nSPS) is 18.7. The van der Waals surface area contributed by atoms with Gasteiger partial charge in [-0.1, -0.05) is 0 Å². The molecule has 0 radical (unpaired) electrons. The molecule has 0 unspecified atom stereocenters. The Balaban J connectivity index is 2.20. The molecule has 1 saturated heterocycles. The van der Waals surface area contributed by atoms with Gasteiger partial charge in [0.05, 0.1) is 18.6 Å². The second kappa shape index (κ2) is 6.26. The molecule has 108 valence electrons. The molecule has 0 spiro atoms.